The highest BCUT2D eigenvalue weighted by molar-refractivity contribution is 6.31. The van der Waals surface area contributed by atoms with Crippen LogP contribution in [0.2, 0.25) is 10.0 Å². The molecule has 2 fully saturated rings. The first-order chi connectivity index (χ1) is 21.9. The second-order valence-electron chi connectivity index (χ2n) is 11.4. The maximum absolute atomic E-state index is 14.8. The van der Waals surface area contributed by atoms with E-state index in [4.69, 9.17) is 23.2 Å². The van der Waals surface area contributed by atoms with Gasteiger partial charge in [0.25, 0.3) is 0 Å². The first kappa shape index (κ1) is 29.1. The van der Waals surface area contributed by atoms with Gasteiger partial charge in [0.15, 0.2) is 5.72 Å². The monoisotopic (exact) mass is 630 g/mol. The van der Waals surface area contributed by atoms with Crippen molar-refractivity contribution >= 4 is 40.6 Å². The van der Waals surface area contributed by atoms with Gasteiger partial charge in [0.1, 0.15) is 5.54 Å². The third-order valence-corrected chi connectivity index (χ3v) is 9.38. The van der Waals surface area contributed by atoms with Crippen LogP contribution in [0.15, 0.2) is 133 Å². The Morgan fingerprint density at radius 3 is 1.71 bits per heavy atom. The van der Waals surface area contributed by atoms with E-state index in [1.807, 2.05) is 36.4 Å². The van der Waals surface area contributed by atoms with Crippen molar-refractivity contribution in [3.8, 4) is 6.07 Å². The summed E-state index contributed by atoms with van der Waals surface area (Å²) in [6.45, 7) is 0.653. The fourth-order valence-electron chi connectivity index (χ4n) is 6.88. The maximum atomic E-state index is 14.8. The summed E-state index contributed by atoms with van der Waals surface area (Å²) >= 11 is 12.5. The van der Waals surface area contributed by atoms with Gasteiger partial charge in [-0.25, -0.2) is 4.79 Å². The van der Waals surface area contributed by atoms with Crippen molar-refractivity contribution in [2.45, 2.75) is 17.3 Å². The average Bonchev–Trinajstić information content (AvgIpc) is 3.27. The highest BCUT2D eigenvalue weighted by Gasteiger charge is 2.73. The molecule has 5 aromatic carbocycles. The quantitative estimate of drug-likeness (QED) is 0.206. The lowest BCUT2D eigenvalue weighted by molar-refractivity contribution is -0.0999. The zero-order valence-electron chi connectivity index (χ0n) is 24.1. The topological polar surface area (TPSA) is 70.8 Å². The highest BCUT2D eigenvalue weighted by Crippen LogP contribution is 2.56. The van der Waals surface area contributed by atoms with Crippen LogP contribution < -0.4 is 9.80 Å². The SMILES string of the molecule is N#Cc1cccc(C2(O)N(c3ccc(Cl)cc3)C(=O)N(c3ccc(Cl)cc3)C23CN(C(c2ccccc2)c2ccccc2)C3)c1. The van der Waals surface area contributed by atoms with E-state index in [9.17, 15) is 15.2 Å². The molecule has 222 valence electrons. The van der Waals surface area contributed by atoms with Gasteiger partial charge in [0.2, 0.25) is 0 Å². The number of hydrogen-bond donors (Lipinski definition) is 1. The number of anilines is 2. The molecular weight excluding hydrogens is 603 g/mol. The van der Waals surface area contributed by atoms with Gasteiger partial charge in [-0.15, -0.1) is 0 Å². The molecular formula is C37H28Cl2N4O2. The molecule has 2 aliphatic heterocycles. The van der Waals surface area contributed by atoms with E-state index in [0.717, 1.165) is 11.1 Å². The summed E-state index contributed by atoms with van der Waals surface area (Å²) in [7, 11) is 0. The van der Waals surface area contributed by atoms with E-state index in [1.54, 1.807) is 77.7 Å². The summed E-state index contributed by atoms with van der Waals surface area (Å²) in [5.74, 6) is 0. The summed E-state index contributed by atoms with van der Waals surface area (Å²) in [4.78, 5) is 20.2. The standard InChI is InChI=1S/C37H28Cl2N4O2/c38-30-14-18-32(19-15-30)42-35(44)43(33-20-16-31(39)17-21-33)37(45,29-13-7-8-26(22-29)23-40)36(42)24-41(25-36)34(27-9-3-1-4-10-27)28-11-5-2-6-12-28/h1-22,34,45H,24-25H2. The van der Waals surface area contributed by atoms with Gasteiger partial charge in [-0.3, -0.25) is 14.7 Å². The van der Waals surface area contributed by atoms with Crippen LogP contribution in [-0.2, 0) is 5.72 Å². The van der Waals surface area contributed by atoms with Crippen LogP contribution >= 0.6 is 23.2 Å². The molecule has 6 nitrogen and oxygen atoms in total. The Kier molecular flexibility index (Phi) is 7.35. The van der Waals surface area contributed by atoms with Crippen LogP contribution in [0.1, 0.15) is 28.3 Å². The van der Waals surface area contributed by atoms with Crippen molar-refractivity contribution in [1.29, 1.82) is 5.26 Å². The normalized spacial score (nSPS) is 19.1. The molecule has 2 saturated heterocycles. The zero-order valence-corrected chi connectivity index (χ0v) is 25.6. The van der Waals surface area contributed by atoms with Crippen LogP contribution in [-0.4, -0.2) is 34.7 Å². The molecule has 1 unspecified atom stereocenters. The summed E-state index contributed by atoms with van der Waals surface area (Å²) in [6, 6.07) is 42.9. The third kappa shape index (κ3) is 4.68. The fourth-order valence-corrected chi connectivity index (χ4v) is 7.13. The Bertz CT molecular complexity index is 1850. The molecule has 0 bridgehead atoms. The molecule has 8 heteroatoms. The summed E-state index contributed by atoms with van der Waals surface area (Å²) in [6.07, 6.45) is 0. The van der Waals surface area contributed by atoms with Crippen molar-refractivity contribution in [2.24, 2.45) is 0 Å². The van der Waals surface area contributed by atoms with Gasteiger partial charge in [-0.05, 0) is 71.8 Å². The number of aliphatic hydroxyl groups is 1. The number of hydrogen-bond acceptors (Lipinski definition) is 4. The maximum Gasteiger partial charge on any atom is 0.332 e. The number of urea groups is 1. The van der Waals surface area contributed by atoms with Crippen molar-refractivity contribution in [3.05, 3.63) is 166 Å². The second kappa shape index (κ2) is 11.4. The minimum atomic E-state index is -1.88. The molecule has 2 heterocycles. The molecule has 1 atom stereocenters. The minimum Gasteiger partial charge on any atom is -0.364 e. The predicted molar refractivity (Wildman–Crippen MR) is 177 cm³/mol. The van der Waals surface area contributed by atoms with E-state index in [0.29, 0.717) is 45.6 Å². The molecule has 45 heavy (non-hydrogen) atoms. The van der Waals surface area contributed by atoms with Crippen LogP contribution in [0.25, 0.3) is 0 Å². The minimum absolute atomic E-state index is 0.125. The largest absolute Gasteiger partial charge is 0.364 e. The number of carbonyl (C=O) groups excluding carboxylic acids is 1. The van der Waals surface area contributed by atoms with Gasteiger partial charge in [-0.1, -0.05) is 96.0 Å². The Balaban J connectivity index is 1.44. The smallest absolute Gasteiger partial charge is 0.332 e. The van der Waals surface area contributed by atoms with Gasteiger partial charge in [-0.2, -0.15) is 5.26 Å². The molecule has 2 aliphatic rings. The molecule has 1 N–H and O–H groups in total. The molecule has 2 amide bonds. The van der Waals surface area contributed by atoms with Crippen LogP contribution in [0.5, 0.6) is 0 Å². The Hall–Kier alpha value is -4.64. The zero-order chi connectivity index (χ0) is 31.2. The summed E-state index contributed by atoms with van der Waals surface area (Å²) in [5.41, 5.74) is 1.07. The number of benzene rings is 5. The molecule has 1 spiro atoms. The third-order valence-electron chi connectivity index (χ3n) is 8.87. The van der Waals surface area contributed by atoms with E-state index < -0.39 is 17.3 Å². The number of likely N-dealkylation sites (tertiary alicyclic amines) is 1. The lowest BCUT2D eigenvalue weighted by Crippen LogP contribution is -2.77. The van der Waals surface area contributed by atoms with Crippen molar-refractivity contribution < 1.29 is 9.90 Å². The lowest BCUT2D eigenvalue weighted by Gasteiger charge is -2.59. The summed E-state index contributed by atoms with van der Waals surface area (Å²) in [5, 5.41) is 24.2. The second-order valence-corrected chi connectivity index (χ2v) is 12.3. The van der Waals surface area contributed by atoms with Crippen molar-refractivity contribution in [2.75, 3.05) is 22.9 Å². The summed E-state index contributed by atoms with van der Waals surface area (Å²) < 4.78 is 0. The van der Waals surface area contributed by atoms with Crippen molar-refractivity contribution in [1.82, 2.24) is 4.90 Å². The van der Waals surface area contributed by atoms with E-state index >= 15 is 0 Å². The van der Waals surface area contributed by atoms with Gasteiger partial charge < -0.3 is 5.11 Å². The van der Waals surface area contributed by atoms with Crippen LogP contribution in [0.3, 0.4) is 0 Å². The van der Waals surface area contributed by atoms with Crippen LogP contribution in [0.4, 0.5) is 16.2 Å². The van der Waals surface area contributed by atoms with Gasteiger partial charge >= 0.3 is 6.03 Å². The van der Waals surface area contributed by atoms with E-state index in [2.05, 4.69) is 35.2 Å². The molecule has 7 rings (SSSR count). The molecule has 0 radical (unpaired) electrons. The van der Waals surface area contributed by atoms with Gasteiger partial charge in [0, 0.05) is 40.1 Å². The van der Waals surface area contributed by atoms with E-state index in [1.165, 1.54) is 4.90 Å². The number of halogens is 2. The fraction of sp³-hybridized carbons (Fsp3) is 0.135. The van der Waals surface area contributed by atoms with Crippen molar-refractivity contribution in [3.63, 3.8) is 0 Å². The highest BCUT2D eigenvalue weighted by atomic mass is 35.5. The average molecular weight is 632 g/mol. The van der Waals surface area contributed by atoms with Gasteiger partial charge in [0.05, 0.1) is 17.7 Å². The van der Waals surface area contributed by atoms with Crippen LogP contribution in [0, 0.1) is 11.3 Å². The molecule has 0 aromatic heterocycles. The van der Waals surface area contributed by atoms with E-state index in [-0.39, 0.29) is 6.04 Å². The number of amides is 2. The first-order valence-corrected chi connectivity index (χ1v) is 15.3. The number of nitriles is 1. The molecule has 5 aromatic rings. The first-order valence-electron chi connectivity index (χ1n) is 14.6. The Morgan fingerprint density at radius 2 is 1.20 bits per heavy atom. The lowest BCUT2D eigenvalue weighted by atomic mass is 9.72. The number of carbonyl (C=O) groups is 1. The number of rotatable bonds is 6. The number of nitrogens with zero attached hydrogens (tertiary/aromatic N) is 4. The molecule has 0 saturated carbocycles. The Morgan fingerprint density at radius 1 is 0.689 bits per heavy atom. The Labute approximate surface area is 271 Å². The molecule has 0 aliphatic carbocycles. The predicted octanol–water partition coefficient (Wildman–Crippen LogP) is 8.00.